The van der Waals surface area contributed by atoms with E-state index in [0.29, 0.717) is 24.5 Å². The topological polar surface area (TPSA) is 63.4 Å². The molecule has 0 atom stereocenters. The van der Waals surface area contributed by atoms with Crippen LogP contribution < -0.4 is 5.73 Å². The molecular formula is C14H22N2O2S. The Morgan fingerprint density at radius 3 is 2.63 bits per heavy atom. The predicted octanol–water partition coefficient (Wildman–Crippen LogP) is 2.04. The van der Waals surface area contributed by atoms with Gasteiger partial charge < -0.3 is 5.73 Å². The third-order valence-corrected chi connectivity index (χ3v) is 4.85. The monoisotopic (exact) mass is 282 g/mol. The fraction of sp³-hybridized carbons (Fsp3) is 0.429. The Hall–Kier alpha value is -1.17. The number of hydrogen-bond donors (Lipinski definition) is 1. The van der Waals surface area contributed by atoms with Crippen molar-refractivity contribution < 1.29 is 8.42 Å². The van der Waals surface area contributed by atoms with Gasteiger partial charge in [0.2, 0.25) is 10.0 Å². The molecule has 0 bridgehead atoms. The van der Waals surface area contributed by atoms with Gasteiger partial charge in [-0.25, -0.2) is 8.42 Å². The summed E-state index contributed by atoms with van der Waals surface area (Å²) in [7, 11) is -3.47. The first-order chi connectivity index (χ1) is 8.97. The van der Waals surface area contributed by atoms with Crippen LogP contribution in [0.15, 0.2) is 35.7 Å². The molecule has 106 valence electrons. The van der Waals surface area contributed by atoms with Crippen LogP contribution in [0.1, 0.15) is 24.5 Å². The van der Waals surface area contributed by atoms with Gasteiger partial charge in [-0.3, -0.25) is 0 Å². The summed E-state index contributed by atoms with van der Waals surface area (Å²) in [5, 5.41) is 0. The van der Waals surface area contributed by atoms with Crippen LogP contribution in [-0.4, -0.2) is 25.8 Å². The van der Waals surface area contributed by atoms with E-state index in [-0.39, 0.29) is 0 Å². The van der Waals surface area contributed by atoms with E-state index in [0.717, 1.165) is 17.5 Å². The molecule has 1 aromatic rings. The lowest BCUT2D eigenvalue weighted by Gasteiger charge is -2.20. The molecule has 0 aliphatic rings. The summed E-state index contributed by atoms with van der Waals surface area (Å²) in [4.78, 5) is 0.300. The zero-order valence-corrected chi connectivity index (χ0v) is 12.4. The van der Waals surface area contributed by atoms with Crippen molar-refractivity contribution in [2.24, 2.45) is 5.73 Å². The SMILES string of the molecule is C=CCN(CCC)S(=O)(=O)c1ccc(C)c(CN)c1. The number of nitrogens with two attached hydrogens (primary N) is 1. The van der Waals surface area contributed by atoms with Crippen molar-refractivity contribution >= 4 is 10.0 Å². The maximum Gasteiger partial charge on any atom is 0.243 e. The van der Waals surface area contributed by atoms with Crippen molar-refractivity contribution in [1.82, 2.24) is 4.31 Å². The van der Waals surface area contributed by atoms with Crippen LogP contribution in [0.5, 0.6) is 0 Å². The van der Waals surface area contributed by atoms with E-state index in [1.54, 1.807) is 24.3 Å². The molecule has 1 rings (SSSR count). The normalized spacial score (nSPS) is 11.8. The summed E-state index contributed by atoms with van der Waals surface area (Å²) in [5.41, 5.74) is 7.50. The first-order valence-corrected chi connectivity index (χ1v) is 7.82. The van der Waals surface area contributed by atoms with Gasteiger partial charge in [-0.2, -0.15) is 4.31 Å². The average Bonchev–Trinajstić information content (AvgIpc) is 2.38. The number of hydrogen-bond acceptors (Lipinski definition) is 3. The van der Waals surface area contributed by atoms with E-state index in [4.69, 9.17) is 5.73 Å². The van der Waals surface area contributed by atoms with Gasteiger partial charge in [0.05, 0.1) is 4.90 Å². The largest absolute Gasteiger partial charge is 0.326 e. The van der Waals surface area contributed by atoms with Gasteiger partial charge in [-0.1, -0.05) is 19.1 Å². The van der Waals surface area contributed by atoms with Crippen molar-refractivity contribution in [3.05, 3.63) is 42.0 Å². The molecule has 0 saturated heterocycles. The summed E-state index contributed by atoms with van der Waals surface area (Å²) >= 11 is 0. The van der Waals surface area contributed by atoms with Crippen molar-refractivity contribution in [1.29, 1.82) is 0 Å². The van der Waals surface area contributed by atoms with Gasteiger partial charge in [0.25, 0.3) is 0 Å². The molecule has 19 heavy (non-hydrogen) atoms. The lowest BCUT2D eigenvalue weighted by Crippen LogP contribution is -2.32. The van der Waals surface area contributed by atoms with Gasteiger partial charge in [0.1, 0.15) is 0 Å². The third-order valence-electron chi connectivity index (χ3n) is 2.98. The molecule has 0 amide bonds. The Bertz CT molecular complexity index is 538. The van der Waals surface area contributed by atoms with Crippen molar-refractivity contribution in [3.63, 3.8) is 0 Å². The summed E-state index contributed by atoms with van der Waals surface area (Å²) in [6.45, 7) is 8.63. The number of nitrogens with zero attached hydrogens (tertiary/aromatic N) is 1. The summed E-state index contributed by atoms with van der Waals surface area (Å²) in [6, 6.07) is 5.10. The second kappa shape index (κ2) is 6.84. The summed E-state index contributed by atoms with van der Waals surface area (Å²) < 4.78 is 26.5. The molecule has 1 aromatic carbocycles. The van der Waals surface area contributed by atoms with E-state index in [9.17, 15) is 8.42 Å². The minimum atomic E-state index is -3.47. The van der Waals surface area contributed by atoms with Crippen molar-refractivity contribution in [2.45, 2.75) is 31.7 Å². The Morgan fingerprint density at radius 2 is 2.11 bits per heavy atom. The van der Waals surface area contributed by atoms with Crippen LogP contribution in [0, 0.1) is 6.92 Å². The number of sulfonamides is 1. The number of aryl methyl sites for hydroxylation is 1. The molecule has 0 aromatic heterocycles. The highest BCUT2D eigenvalue weighted by atomic mass is 32.2. The Labute approximate surface area is 116 Å². The molecule has 0 fully saturated rings. The maximum atomic E-state index is 12.5. The standard InChI is InChI=1S/C14H22N2O2S/c1-4-8-16(9-5-2)19(17,18)14-7-6-12(3)13(10-14)11-15/h4,6-7,10H,1,5,8-9,11,15H2,2-3H3. The Kier molecular flexibility index (Phi) is 5.72. The molecule has 0 unspecified atom stereocenters. The second-order valence-electron chi connectivity index (χ2n) is 4.44. The quantitative estimate of drug-likeness (QED) is 0.778. The Morgan fingerprint density at radius 1 is 1.42 bits per heavy atom. The van der Waals surface area contributed by atoms with Crippen molar-refractivity contribution in [3.8, 4) is 0 Å². The third kappa shape index (κ3) is 3.65. The molecule has 0 aliphatic heterocycles. The second-order valence-corrected chi connectivity index (χ2v) is 6.38. The van der Waals surface area contributed by atoms with E-state index < -0.39 is 10.0 Å². The number of rotatable bonds is 7. The highest BCUT2D eigenvalue weighted by Gasteiger charge is 2.23. The van der Waals surface area contributed by atoms with Gasteiger partial charge in [-0.05, 0) is 36.6 Å². The van der Waals surface area contributed by atoms with Crippen LogP contribution in [0.3, 0.4) is 0 Å². The smallest absolute Gasteiger partial charge is 0.243 e. The molecule has 5 heteroatoms. The van der Waals surface area contributed by atoms with Crippen LogP contribution in [0.25, 0.3) is 0 Å². The van der Waals surface area contributed by atoms with Crippen LogP contribution in [-0.2, 0) is 16.6 Å². The van der Waals surface area contributed by atoms with Gasteiger partial charge in [-0.15, -0.1) is 6.58 Å². The molecule has 0 aliphatic carbocycles. The van der Waals surface area contributed by atoms with E-state index in [1.807, 2.05) is 13.8 Å². The predicted molar refractivity (Wildman–Crippen MR) is 78.3 cm³/mol. The molecule has 2 N–H and O–H groups in total. The lowest BCUT2D eigenvalue weighted by atomic mass is 10.1. The van der Waals surface area contributed by atoms with Crippen molar-refractivity contribution in [2.75, 3.05) is 13.1 Å². The molecule has 0 radical (unpaired) electrons. The molecule has 4 nitrogen and oxygen atoms in total. The summed E-state index contributed by atoms with van der Waals surface area (Å²) in [6.07, 6.45) is 2.37. The minimum Gasteiger partial charge on any atom is -0.326 e. The van der Waals surface area contributed by atoms with Crippen LogP contribution in [0.4, 0.5) is 0 Å². The maximum absolute atomic E-state index is 12.5. The Balaban J connectivity index is 3.20. The highest BCUT2D eigenvalue weighted by Crippen LogP contribution is 2.19. The van der Waals surface area contributed by atoms with E-state index in [2.05, 4.69) is 6.58 Å². The average molecular weight is 282 g/mol. The lowest BCUT2D eigenvalue weighted by molar-refractivity contribution is 0.441. The van der Waals surface area contributed by atoms with Crippen LogP contribution in [0.2, 0.25) is 0 Å². The highest BCUT2D eigenvalue weighted by molar-refractivity contribution is 7.89. The fourth-order valence-electron chi connectivity index (χ4n) is 1.88. The van der Waals surface area contributed by atoms with Crippen LogP contribution >= 0.6 is 0 Å². The molecule has 0 heterocycles. The van der Waals surface area contributed by atoms with E-state index >= 15 is 0 Å². The first-order valence-electron chi connectivity index (χ1n) is 6.38. The zero-order valence-electron chi connectivity index (χ0n) is 11.6. The summed E-state index contributed by atoms with van der Waals surface area (Å²) in [5.74, 6) is 0. The molecule has 0 spiro atoms. The number of benzene rings is 1. The minimum absolute atomic E-state index is 0.300. The molecule has 0 saturated carbocycles. The zero-order chi connectivity index (χ0) is 14.5. The van der Waals surface area contributed by atoms with E-state index in [1.165, 1.54) is 4.31 Å². The molecular weight excluding hydrogens is 260 g/mol. The van der Waals surface area contributed by atoms with Gasteiger partial charge >= 0.3 is 0 Å². The van der Waals surface area contributed by atoms with Gasteiger partial charge in [0.15, 0.2) is 0 Å². The van der Waals surface area contributed by atoms with Gasteiger partial charge in [0, 0.05) is 19.6 Å². The first kappa shape index (κ1) is 15.9. The fourth-order valence-corrected chi connectivity index (χ4v) is 3.43.